The van der Waals surface area contributed by atoms with E-state index in [-0.39, 0.29) is 44.9 Å². The highest BCUT2D eigenvalue weighted by Gasteiger charge is 2.31. The standard InChI is InChI=1S/C36H50N4O9/c1-35(2,3)48-32(44)37-20-12-11-18-29(31(42)43)39-30(41)28(19-13-21-38-33(45)49-36(4,5)6)40-34(46)47-22-27-25-16-9-7-14-23(25)24-15-8-10-17-26(24)27/h7-10,14-17,27-29H,11-13,18-22H2,1-6H3,(H,37,44)(H,38,45)(H,39,41)(H,40,46)(H,42,43)/t28?,29-/m0/s1. The molecule has 2 aromatic rings. The number of amides is 4. The average molecular weight is 683 g/mol. The van der Waals surface area contributed by atoms with E-state index in [1.54, 1.807) is 41.5 Å². The first-order chi connectivity index (χ1) is 23.0. The number of carboxylic acids is 1. The molecule has 5 N–H and O–H groups in total. The molecule has 13 nitrogen and oxygen atoms in total. The van der Waals surface area contributed by atoms with Crippen molar-refractivity contribution in [1.29, 1.82) is 0 Å². The molecule has 3 rings (SSSR count). The Hall–Kier alpha value is -4.81. The van der Waals surface area contributed by atoms with E-state index >= 15 is 0 Å². The van der Waals surface area contributed by atoms with Gasteiger partial charge < -0.3 is 40.6 Å². The summed E-state index contributed by atoms with van der Waals surface area (Å²) in [5.74, 6) is -2.13. The molecule has 0 saturated carbocycles. The van der Waals surface area contributed by atoms with E-state index in [9.17, 15) is 29.1 Å². The van der Waals surface area contributed by atoms with E-state index in [0.29, 0.717) is 12.8 Å². The fourth-order valence-corrected chi connectivity index (χ4v) is 5.37. The normalized spacial score (nSPS) is 13.6. The fourth-order valence-electron chi connectivity index (χ4n) is 5.37. The Kier molecular flexibility index (Phi) is 13.8. The zero-order valence-corrected chi connectivity index (χ0v) is 29.2. The molecule has 2 aromatic carbocycles. The van der Waals surface area contributed by atoms with E-state index in [1.165, 1.54) is 0 Å². The van der Waals surface area contributed by atoms with Crippen LogP contribution in [0.1, 0.15) is 90.7 Å². The molecule has 0 saturated heterocycles. The number of aliphatic carboxylic acids is 1. The van der Waals surface area contributed by atoms with Gasteiger partial charge in [-0.05, 0) is 95.9 Å². The van der Waals surface area contributed by atoms with Crippen molar-refractivity contribution in [1.82, 2.24) is 21.3 Å². The number of carboxylic acid groups (broad SMARTS) is 1. The summed E-state index contributed by atoms with van der Waals surface area (Å²) in [4.78, 5) is 62.4. The van der Waals surface area contributed by atoms with Crippen LogP contribution < -0.4 is 21.3 Å². The minimum atomic E-state index is -1.24. The SMILES string of the molecule is CC(C)(C)OC(=O)NCCCC[C@H](NC(=O)C(CCCNC(=O)OC(C)(C)C)NC(=O)OCC1c2ccccc2-c2ccccc21)C(=O)O. The maximum absolute atomic E-state index is 13.4. The number of rotatable bonds is 15. The molecule has 1 aliphatic rings. The molecule has 0 aromatic heterocycles. The van der Waals surface area contributed by atoms with Gasteiger partial charge in [-0.3, -0.25) is 4.79 Å². The Bertz CT molecular complexity index is 1420. The monoisotopic (exact) mass is 682 g/mol. The van der Waals surface area contributed by atoms with Crippen molar-refractivity contribution in [2.75, 3.05) is 19.7 Å². The lowest BCUT2D eigenvalue weighted by atomic mass is 9.98. The Morgan fingerprint density at radius 2 is 1.16 bits per heavy atom. The van der Waals surface area contributed by atoms with Crippen LogP contribution in [0.2, 0.25) is 0 Å². The zero-order valence-electron chi connectivity index (χ0n) is 29.2. The molecule has 2 atom stereocenters. The smallest absolute Gasteiger partial charge is 0.407 e. The highest BCUT2D eigenvalue weighted by molar-refractivity contribution is 5.89. The van der Waals surface area contributed by atoms with Gasteiger partial charge in [0, 0.05) is 19.0 Å². The largest absolute Gasteiger partial charge is 0.480 e. The Balaban J connectivity index is 1.60. The number of hydrogen-bond acceptors (Lipinski definition) is 8. The van der Waals surface area contributed by atoms with Gasteiger partial charge in [-0.1, -0.05) is 48.5 Å². The van der Waals surface area contributed by atoms with Crippen molar-refractivity contribution in [3.63, 3.8) is 0 Å². The van der Waals surface area contributed by atoms with Crippen LogP contribution in [0.3, 0.4) is 0 Å². The van der Waals surface area contributed by atoms with Crippen LogP contribution >= 0.6 is 0 Å². The minimum absolute atomic E-state index is 0.0312. The number of ether oxygens (including phenoxy) is 3. The van der Waals surface area contributed by atoms with Crippen molar-refractivity contribution < 1.29 is 43.3 Å². The zero-order chi connectivity index (χ0) is 36.2. The molecule has 1 aliphatic carbocycles. The molecule has 0 bridgehead atoms. The van der Waals surface area contributed by atoms with Gasteiger partial charge in [0.25, 0.3) is 0 Å². The summed E-state index contributed by atoms with van der Waals surface area (Å²) in [6.07, 6.45) is -0.734. The summed E-state index contributed by atoms with van der Waals surface area (Å²) in [7, 11) is 0. The second-order valence-corrected chi connectivity index (χ2v) is 13.9. The maximum atomic E-state index is 13.4. The molecule has 0 spiro atoms. The van der Waals surface area contributed by atoms with Crippen LogP contribution in [0.25, 0.3) is 11.1 Å². The number of carbonyl (C=O) groups excluding carboxylic acids is 4. The fraction of sp³-hybridized carbons (Fsp3) is 0.528. The van der Waals surface area contributed by atoms with Crippen LogP contribution in [0, 0.1) is 0 Å². The summed E-state index contributed by atoms with van der Waals surface area (Å²) < 4.78 is 16.1. The summed E-state index contributed by atoms with van der Waals surface area (Å²) in [6.45, 7) is 10.9. The average Bonchev–Trinajstić information content (AvgIpc) is 3.32. The lowest BCUT2D eigenvalue weighted by molar-refractivity contribution is -0.142. The molecule has 0 fully saturated rings. The lowest BCUT2D eigenvalue weighted by Crippen LogP contribution is -2.52. The van der Waals surface area contributed by atoms with Crippen LogP contribution in [-0.4, -0.2) is 78.2 Å². The van der Waals surface area contributed by atoms with Crippen LogP contribution in [0.4, 0.5) is 14.4 Å². The molecular formula is C36H50N4O9. The van der Waals surface area contributed by atoms with E-state index in [1.807, 2.05) is 48.5 Å². The predicted octanol–water partition coefficient (Wildman–Crippen LogP) is 5.46. The molecule has 0 heterocycles. The highest BCUT2D eigenvalue weighted by atomic mass is 16.6. The number of benzene rings is 2. The number of carbonyl (C=O) groups is 5. The maximum Gasteiger partial charge on any atom is 0.407 e. The van der Waals surface area contributed by atoms with Gasteiger partial charge in [0.1, 0.15) is 29.9 Å². The van der Waals surface area contributed by atoms with Gasteiger partial charge in [-0.2, -0.15) is 0 Å². The third kappa shape index (κ3) is 13.0. The van der Waals surface area contributed by atoms with Crippen molar-refractivity contribution in [3.05, 3.63) is 59.7 Å². The first kappa shape index (κ1) is 38.6. The van der Waals surface area contributed by atoms with Crippen LogP contribution in [0.5, 0.6) is 0 Å². The quantitative estimate of drug-likeness (QED) is 0.120. The summed E-state index contributed by atoms with van der Waals surface area (Å²) in [5.41, 5.74) is 2.88. The Morgan fingerprint density at radius 1 is 0.673 bits per heavy atom. The summed E-state index contributed by atoms with van der Waals surface area (Å²) in [6, 6.07) is 13.4. The van der Waals surface area contributed by atoms with E-state index in [4.69, 9.17) is 14.2 Å². The summed E-state index contributed by atoms with van der Waals surface area (Å²) in [5, 5.41) is 20.2. The Labute approximate surface area is 287 Å². The predicted molar refractivity (Wildman–Crippen MR) is 183 cm³/mol. The third-order valence-electron chi connectivity index (χ3n) is 7.49. The number of unbranched alkanes of at least 4 members (excludes halogenated alkanes) is 1. The van der Waals surface area contributed by atoms with Gasteiger partial charge in [-0.15, -0.1) is 0 Å². The molecular weight excluding hydrogens is 632 g/mol. The second kappa shape index (κ2) is 17.5. The molecule has 0 aliphatic heterocycles. The van der Waals surface area contributed by atoms with Crippen molar-refractivity contribution in [2.45, 2.75) is 103 Å². The molecule has 4 amide bonds. The molecule has 0 radical (unpaired) electrons. The lowest BCUT2D eigenvalue weighted by Gasteiger charge is -2.23. The molecule has 1 unspecified atom stereocenters. The summed E-state index contributed by atoms with van der Waals surface area (Å²) >= 11 is 0. The number of nitrogens with one attached hydrogen (secondary N) is 4. The van der Waals surface area contributed by atoms with Gasteiger partial charge in [-0.25, -0.2) is 19.2 Å². The van der Waals surface area contributed by atoms with Gasteiger partial charge in [0.2, 0.25) is 5.91 Å². The first-order valence-electron chi connectivity index (χ1n) is 16.6. The number of hydrogen-bond donors (Lipinski definition) is 5. The van der Waals surface area contributed by atoms with Crippen LogP contribution in [-0.2, 0) is 23.8 Å². The third-order valence-corrected chi connectivity index (χ3v) is 7.49. The highest BCUT2D eigenvalue weighted by Crippen LogP contribution is 2.44. The van der Waals surface area contributed by atoms with E-state index in [0.717, 1.165) is 22.3 Å². The van der Waals surface area contributed by atoms with Gasteiger partial charge in [0.05, 0.1) is 0 Å². The van der Waals surface area contributed by atoms with Gasteiger partial charge in [0.15, 0.2) is 0 Å². The molecule has 268 valence electrons. The molecule has 13 heteroatoms. The van der Waals surface area contributed by atoms with Gasteiger partial charge >= 0.3 is 24.2 Å². The van der Waals surface area contributed by atoms with E-state index < -0.39 is 53.4 Å². The van der Waals surface area contributed by atoms with E-state index in [2.05, 4.69) is 21.3 Å². The van der Waals surface area contributed by atoms with Crippen LogP contribution in [0.15, 0.2) is 48.5 Å². The Morgan fingerprint density at radius 3 is 1.67 bits per heavy atom. The van der Waals surface area contributed by atoms with Crippen molar-refractivity contribution >= 4 is 30.2 Å². The van der Waals surface area contributed by atoms with Crippen molar-refractivity contribution in [3.8, 4) is 11.1 Å². The molecule has 49 heavy (non-hydrogen) atoms. The number of fused-ring (bicyclic) bond motifs is 3. The number of alkyl carbamates (subject to hydrolysis) is 3. The first-order valence-corrected chi connectivity index (χ1v) is 16.6. The second-order valence-electron chi connectivity index (χ2n) is 13.9. The topological polar surface area (TPSA) is 181 Å². The van der Waals surface area contributed by atoms with Crippen molar-refractivity contribution in [2.24, 2.45) is 0 Å². The minimum Gasteiger partial charge on any atom is -0.480 e.